The number of furan rings is 1. The maximum Gasteiger partial charge on any atom is 0.188 e. The fourth-order valence-corrected chi connectivity index (χ4v) is 3.20. The summed E-state index contributed by atoms with van der Waals surface area (Å²) in [5, 5.41) is 9.77. The van der Waals surface area contributed by atoms with E-state index in [-0.39, 0.29) is 0 Å². The van der Waals surface area contributed by atoms with Gasteiger partial charge in [0.2, 0.25) is 0 Å². The lowest BCUT2D eigenvalue weighted by atomic mass is 10.0. The SMILES string of the molecule is C#C.C=C(NC)c1cccc(Nc2nsnc2NCc2cc(C(C)C)co2)c1C.CC(C)C. The highest BCUT2D eigenvalue weighted by molar-refractivity contribution is 6.99. The van der Waals surface area contributed by atoms with Crippen LogP contribution >= 0.6 is 11.7 Å². The van der Waals surface area contributed by atoms with Crippen molar-refractivity contribution in [2.24, 2.45) is 5.92 Å². The van der Waals surface area contributed by atoms with E-state index >= 15 is 0 Å². The molecule has 0 aliphatic heterocycles. The van der Waals surface area contributed by atoms with E-state index < -0.39 is 0 Å². The molecule has 1 aromatic carbocycles. The minimum atomic E-state index is 0.447. The minimum Gasteiger partial charge on any atom is -0.467 e. The summed E-state index contributed by atoms with van der Waals surface area (Å²) in [5.41, 5.74) is 5.21. The molecule has 6 nitrogen and oxygen atoms in total. The summed E-state index contributed by atoms with van der Waals surface area (Å²) in [6, 6.07) is 8.13. The third-order valence-electron chi connectivity index (χ3n) is 4.47. The lowest BCUT2D eigenvalue weighted by molar-refractivity contribution is 0.514. The highest BCUT2D eigenvalue weighted by Gasteiger charge is 2.13. The van der Waals surface area contributed by atoms with Crippen molar-refractivity contribution in [2.75, 3.05) is 17.7 Å². The summed E-state index contributed by atoms with van der Waals surface area (Å²) in [4.78, 5) is 0. The van der Waals surface area contributed by atoms with E-state index in [0.717, 1.165) is 34.2 Å². The number of aromatic nitrogens is 2. The molecule has 2 heterocycles. The number of terminal acetylenes is 1. The van der Waals surface area contributed by atoms with E-state index in [0.29, 0.717) is 24.1 Å². The van der Waals surface area contributed by atoms with Gasteiger partial charge in [-0.25, -0.2) is 0 Å². The Labute approximate surface area is 203 Å². The smallest absolute Gasteiger partial charge is 0.188 e. The van der Waals surface area contributed by atoms with Gasteiger partial charge in [-0.3, -0.25) is 0 Å². The fourth-order valence-electron chi connectivity index (χ4n) is 2.71. The maximum atomic E-state index is 5.61. The molecule has 0 bridgehead atoms. The first-order valence-corrected chi connectivity index (χ1v) is 11.7. The van der Waals surface area contributed by atoms with Crippen LogP contribution in [-0.2, 0) is 6.54 Å². The highest BCUT2D eigenvalue weighted by atomic mass is 32.1. The highest BCUT2D eigenvalue weighted by Crippen LogP contribution is 2.29. The van der Waals surface area contributed by atoms with Crippen LogP contribution in [0.15, 0.2) is 41.5 Å². The Balaban J connectivity index is 0.000000820. The molecule has 3 rings (SSSR count). The monoisotopic (exact) mass is 467 g/mol. The van der Waals surface area contributed by atoms with Crippen molar-refractivity contribution in [1.82, 2.24) is 14.1 Å². The van der Waals surface area contributed by atoms with Gasteiger partial charge < -0.3 is 20.4 Å². The number of hydrogen-bond acceptors (Lipinski definition) is 7. The van der Waals surface area contributed by atoms with Crippen molar-refractivity contribution in [1.29, 1.82) is 0 Å². The van der Waals surface area contributed by atoms with Crippen LogP contribution in [0.2, 0.25) is 0 Å². The van der Waals surface area contributed by atoms with Crippen LogP contribution in [0.25, 0.3) is 5.70 Å². The zero-order valence-electron chi connectivity index (χ0n) is 20.8. The summed E-state index contributed by atoms with van der Waals surface area (Å²) >= 11 is 1.17. The molecule has 0 aliphatic rings. The van der Waals surface area contributed by atoms with Gasteiger partial charge in [0, 0.05) is 24.0 Å². The average molecular weight is 468 g/mol. The van der Waals surface area contributed by atoms with E-state index in [1.807, 2.05) is 31.5 Å². The molecule has 0 fully saturated rings. The third-order valence-corrected chi connectivity index (χ3v) is 5.00. The lowest BCUT2D eigenvalue weighted by Crippen LogP contribution is -2.06. The molecule has 2 aromatic heterocycles. The second-order valence-corrected chi connectivity index (χ2v) is 8.91. The first-order chi connectivity index (χ1) is 15.7. The topological polar surface area (TPSA) is 75.0 Å². The van der Waals surface area contributed by atoms with Gasteiger partial charge in [-0.1, -0.05) is 53.3 Å². The number of benzene rings is 1. The molecule has 178 valence electrons. The second kappa shape index (κ2) is 14.0. The number of hydrogen-bond donors (Lipinski definition) is 3. The molecule has 0 saturated heterocycles. The average Bonchev–Trinajstić information content (AvgIpc) is 3.44. The zero-order valence-corrected chi connectivity index (χ0v) is 21.6. The summed E-state index contributed by atoms with van der Waals surface area (Å²) in [7, 11) is 1.87. The quantitative estimate of drug-likeness (QED) is 0.309. The van der Waals surface area contributed by atoms with Crippen molar-refractivity contribution in [3.63, 3.8) is 0 Å². The summed E-state index contributed by atoms with van der Waals surface area (Å²) in [6.07, 6.45) is 9.81. The first-order valence-electron chi connectivity index (χ1n) is 10.9. The Morgan fingerprint density at radius 3 is 2.33 bits per heavy atom. The lowest BCUT2D eigenvalue weighted by Gasteiger charge is -2.14. The van der Waals surface area contributed by atoms with E-state index in [9.17, 15) is 0 Å². The molecule has 0 amide bonds. The van der Waals surface area contributed by atoms with Crippen LogP contribution < -0.4 is 16.0 Å². The Morgan fingerprint density at radius 1 is 1.12 bits per heavy atom. The van der Waals surface area contributed by atoms with Gasteiger partial charge in [0.15, 0.2) is 11.6 Å². The van der Waals surface area contributed by atoms with E-state index in [1.165, 1.54) is 17.3 Å². The van der Waals surface area contributed by atoms with Crippen molar-refractivity contribution in [3.8, 4) is 12.8 Å². The predicted octanol–water partition coefficient (Wildman–Crippen LogP) is 7.02. The van der Waals surface area contributed by atoms with Crippen LogP contribution in [0.5, 0.6) is 0 Å². The zero-order chi connectivity index (χ0) is 25.0. The second-order valence-electron chi connectivity index (χ2n) is 8.38. The Hall–Kier alpha value is -3.24. The first kappa shape index (κ1) is 27.8. The summed E-state index contributed by atoms with van der Waals surface area (Å²) < 4.78 is 14.4. The van der Waals surface area contributed by atoms with Gasteiger partial charge in [-0.05, 0) is 42.0 Å². The molecule has 0 atom stereocenters. The molecule has 33 heavy (non-hydrogen) atoms. The molecule has 7 heteroatoms. The predicted molar refractivity (Wildman–Crippen MR) is 143 cm³/mol. The molecule has 0 saturated carbocycles. The number of anilines is 3. The van der Waals surface area contributed by atoms with Crippen molar-refractivity contribution in [3.05, 3.63) is 59.6 Å². The number of rotatable bonds is 8. The summed E-state index contributed by atoms with van der Waals surface area (Å²) in [6.45, 7) is 17.5. The van der Waals surface area contributed by atoms with Gasteiger partial charge in [0.05, 0.1) is 24.5 Å². The van der Waals surface area contributed by atoms with E-state index in [2.05, 4.69) is 91.7 Å². The molecule has 0 aliphatic carbocycles. The molecule has 3 aromatic rings. The van der Waals surface area contributed by atoms with Gasteiger partial charge >= 0.3 is 0 Å². The maximum absolute atomic E-state index is 5.61. The third kappa shape index (κ3) is 8.66. The molecular weight excluding hydrogens is 430 g/mol. The van der Waals surface area contributed by atoms with Crippen LogP contribution in [-0.4, -0.2) is 15.8 Å². The largest absolute Gasteiger partial charge is 0.467 e. The van der Waals surface area contributed by atoms with Gasteiger partial charge in [-0.2, -0.15) is 8.75 Å². The Kier molecular flexibility index (Phi) is 11.8. The van der Waals surface area contributed by atoms with Crippen molar-refractivity contribution >= 4 is 34.7 Å². The Morgan fingerprint density at radius 2 is 1.76 bits per heavy atom. The van der Waals surface area contributed by atoms with Crippen molar-refractivity contribution in [2.45, 2.75) is 54.0 Å². The van der Waals surface area contributed by atoms with E-state index in [4.69, 9.17) is 4.42 Å². The standard InChI is InChI=1S/C20H25N5OS.C4H10.C2H2/c1-12(2)15-9-16(26-11-15)10-22-19-20(25-27-24-19)23-18-8-6-7-17(13(18)3)14(4)21-5;1-4(2)3;1-2/h6-9,11-12,21H,4,10H2,1-3,5H3,(H,22,24)(H,23,25);4H,1-3H3;1-2H. The van der Waals surface area contributed by atoms with Gasteiger partial charge in [0.25, 0.3) is 0 Å². The van der Waals surface area contributed by atoms with Crippen LogP contribution in [0.3, 0.4) is 0 Å². The molecule has 0 radical (unpaired) electrons. The number of nitrogens with zero attached hydrogens (tertiary/aromatic N) is 2. The van der Waals surface area contributed by atoms with E-state index in [1.54, 1.807) is 0 Å². The van der Waals surface area contributed by atoms with Crippen LogP contribution in [0.4, 0.5) is 17.3 Å². The van der Waals surface area contributed by atoms with Crippen LogP contribution in [0.1, 0.15) is 63.0 Å². The van der Waals surface area contributed by atoms with Gasteiger partial charge in [-0.15, -0.1) is 12.8 Å². The number of nitrogens with one attached hydrogen (secondary N) is 3. The molecule has 0 unspecified atom stereocenters. The van der Waals surface area contributed by atoms with Crippen molar-refractivity contribution < 1.29 is 4.42 Å². The molecule has 0 spiro atoms. The molecule has 3 N–H and O–H groups in total. The molecular formula is C26H37N5OS. The van der Waals surface area contributed by atoms with Crippen LogP contribution in [0, 0.1) is 25.7 Å². The minimum absolute atomic E-state index is 0.447. The normalized spacial score (nSPS) is 10.0. The van der Waals surface area contributed by atoms with Gasteiger partial charge in [0.1, 0.15) is 5.76 Å². The Bertz CT molecular complexity index is 1010. The summed E-state index contributed by atoms with van der Waals surface area (Å²) in [5.74, 6) is 3.56. The fraction of sp³-hybridized carbons (Fsp3) is 0.385.